The smallest absolute Gasteiger partial charge is 0.244 e. The van der Waals surface area contributed by atoms with Gasteiger partial charge in [0.2, 0.25) is 10.0 Å². The Bertz CT molecular complexity index is 506. The lowest BCUT2D eigenvalue weighted by atomic mass is 10.3. The van der Waals surface area contributed by atoms with Crippen LogP contribution in [-0.2, 0) is 10.0 Å². The fourth-order valence-electron chi connectivity index (χ4n) is 1.80. The van der Waals surface area contributed by atoms with Crippen LogP contribution in [0.4, 0.5) is 0 Å². The summed E-state index contributed by atoms with van der Waals surface area (Å²) >= 11 is 3.23. The molecule has 1 N–H and O–H groups in total. The van der Waals surface area contributed by atoms with Crippen molar-refractivity contribution in [1.82, 2.24) is 14.6 Å². The van der Waals surface area contributed by atoms with Crippen LogP contribution >= 0.6 is 15.9 Å². The first-order chi connectivity index (χ1) is 8.00. The van der Waals surface area contributed by atoms with Gasteiger partial charge in [0, 0.05) is 42.5 Å². The maximum Gasteiger partial charge on any atom is 0.244 e. The minimum absolute atomic E-state index is 0.179. The van der Waals surface area contributed by atoms with Crippen LogP contribution < -0.4 is 5.32 Å². The Morgan fingerprint density at radius 3 is 2.94 bits per heavy atom. The predicted molar refractivity (Wildman–Crippen MR) is 68.2 cm³/mol. The monoisotopic (exact) mass is 319 g/mol. The van der Waals surface area contributed by atoms with Gasteiger partial charge in [-0.15, -0.1) is 0 Å². The SMILES string of the molecule is CC1CN(S(=O)(=O)c2cncc(Br)c2)CCN1. The van der Waals surface area contributed by atoms with E-state index in [4.69, 9.17) is 0 Å². The van der Waals surface area contributed by atoms with Gasteiger partial charge in [0.25, 0.3) is 0 Å². The Hall–Kier alpha value is -0.500. The first-order valence-corrected chi connectivity index (χ1v) is 7.57. The topological polar surface area (TPSA) is 62.3 Å². The number of hydrogen-bond donors (Lipinski definition) is 1. The lowest BCUT2D eigenvalue weighted by molar-refractivity contribution is 0.310. The molecular formula is C10H14BrN3O2S. The number of rotatable bonds is 2. The molecule has 1 atom stereocenters. The van der Waals surface area contributed by atoms with Crippen molar-refractivity contribution >= 4 is 26.0 Å². The quantitative estimate of drug-likeness (QED) is 0.877. The molecule has 1 unspecified atom stereocenters. The van der Waals surface area contributed by atoms with Crippen molar-refractivity contribution < 1.29 is 8.42 Å². The van der Waals surface area contributed by atoms with Gasteiger partial charge in [-0.3, -0.25) is 4.98 Å². The summed E-state index contributed by atoms with van der Waals surface area (Å²) in [5, 5.41) is 3.22. The third-order valence-electron chi connectivity index (χ3n) is 2.65. The molecule has 1 aromatic rings. The molecule has 0 amide bonds. The third-order valence-corrected chi connectivity index (χ3v) is 4.91. The van der Waals surface area contributed by atoms with Crippen LogP contribution in [0.15, 0.2) is 27.8 Å². The maximum atomic E-state index is 12.3. The van der Waals surface area contributed by atoms with Gasteiger partial charge in [-0.2, -0.15) is 4.31 Å². The summed E-state index contributed by atoms with van der Waals surface area (Å²) < 4.78 is 26.8. The van der Waals surface area contributed by atoms with Crippen molar-refractivity contribution in [2.75, 3.05) is 19.6 Å². The third kappa shape index (κ3) is 2.85. The molecule has 0 saturated carbocycles. The Balaban J connectivity index is 2.29. The molecular weight excluding hydrogens is 306 g/mol. The molecule has 2 heterocycles. The molecule has 0 aliphatic carbocycles. The average molecular weight is 320 g/mol. The van der Waals surface area contributed by atoms with Crippen LogP contribution in [0.5, 0.6) is 0 Å². The van der Waals surface area contributed by atoms with Crippen molar-refractivity contribution in [2.45, 2.75) is 17.9 Å². The Kier molecular flexibility index (Phi) is 3.82. The van der Waals surface area contributed by atoms with Crippen LogP contribution in [0.25, 0.3) is 0 Å². The second-order valence-electron chi connectivity index (χ2n) is 4.06. The first kappa shape index (κ1) is 12.9. The van der Waals surface area contributed by atoms with Crippen LogP contribution in [0, 0.1) is 0 Å². The highest BCUT2D eigenvalue weighted by Crippen LogP contribution is 2.19. The Labute approximate surface area is 109 Å². The number of piperazine rings is 1. The molecule has 1 saturated heterocycles. The molecule has 0 bridgehead atoms. The van der Waals surface area contributed by atoms with E-state index in [1.807, 2.05) is 6.92 Å². The summed E-state index contributed by atoms with van der Waals surface area (Å²) in [6.45, 7) is 3.65. The number of pyridine rings is 1. The molecule has 94 valence electrons. The van der Waals surface area contributed by atoms with Gasteiger partial charge in [-0.1, -0.05) is 0 Å². The zero-order chi connectivity index (χ0) is 12.5. The number of nitrogens with zero attached hydrogens (tertiary/aromatic N) is 2. The van der Waals surface area contributed by atoms with Crippen molar-refractivity contribution in [1.29, 1.82) is 0 Å². The summed E-state index contributed by atoms with van der Waals surface area (Å²) in [4.78, 5) is 4.13. The highest BCUT2D eigenvalue weighted by Gasteiger charge is 2.28. The average Bonchev–Trinajstić information content (AvgIpc) is 2.29. The van der Waals surface area contributed by atoms with E-state index in [0.29, 0.717) is 24.1 Å². The fourth-order valence-corrected chi connectivity index (χ4v) is 3.83. The number of aromatic nitrogens is 1. The van der Waals surface area contributed by atoms with E-state index in [2.05, 4.69) is 26.2 Å². The molecule has 0 spiro atoms. The zero-order valence-electron chi connectivity index (χ0n) is 9.43. The summed E-state index contributed by atoms with van der Waals surface area (Å²) in [6.07, 6.45) is 2.95. The van der Waals surface area contributed by atoms with Gasteiger partial charge in [-0.05, 0) is 28.9 Å². The highest BCUT2D eigenvalue weighted by atomic mass is 79.9. The van der Waals surface area contributed by atoms with Crippen molar-refractivity contribution in [3.05, 3.63) is 22.9 Å². The molecule has 1 aliphatic heterocycles. The molecule has 1 aromatic heterocycles. The second-order valence-corrected chi connectivity index (χ2v) is 6.91. The second kappa shape index (κ2) is 5.01. The molecule has 1 aliphatic rings. The highest BCUT2D eigenvalue weighted by molar-refractivity contribution is 9.10. The minimum atomic E-state index is -3.42. The lowest BCUT2D eigenvalue weighted by Crippen LogP contribution is -2.51. The largest absolute Gasteiger partial charge is 0.312 e. The van der Waals surface area contributed by atoms with Crippen LogP contribution in [0.3, 0.4) is 0 Å². The van der Waals surface area contributed by atoms with Crippen LogP contribution in [-0.4, -0.2) is 43.4 Å². The van der Waals surface area contributed by atoms with E-state index in [1.54, 1.807) is 12.3 Å². The number of halogens is 1. The normalized spacial score (nSPS) is 22.6. The first-order valence-electron chi connectivity index (χ1n) is 5.34. The van der Waals surface area contributed by atoms with Crippen molar-refractivity contribution in [3.8, 4) is 0 Å². The Morgan fingerprint density at radius 1 is 1.53 bits per heavy atom. The van der Waals surface area contributed by atoms with E-state index in [1.165, 1.54) is 10.5 Å². The summed E-state index contributed by atoms with van der Waals surface area (Å²) in [5.41, 5.74) is 0. The van der Waals surface area contributed by atoms with Gasteiger partial charge >= 0.3 is 0 Å². The zero-order valence-corrected chi connectivity index (χ0v) is 11.8. The summed E-state index contributed by atoms with van der Waals surface area (Å²) in [6, 6.07) is 1.76. The predicted octanol–water partition coefficient (Wildman–Crippen LogP) is 0.827. The summed E-state index contributed by atoms with van der Waals surface area (Å²) in [7, 11) is -3.42. The maximum absolute atomic E-state index is 12.3. The van der Waals surface area contributed by atoms with E-state index in [9.17, 15) is 8.42 Å². The van der Waals surface area contributed by atoms with E-state index >= 15 is 0 Å². The van der Waals surface area contributed by atoms with E-state index in [-0.39, 0.29) is 10.9 Å². The fraction of sp³-hybridized carbons (Fsp3) is 0.500. The van der Waals surface area contributed by atoms with Crippen molar-refractivity contribution in [3.63, 3.8) is 0 Å². The van der Waals surface area contributed by atoms with E-state index in [0.717, 1.165) is 0 Å². The Morgan fingerprint density at radius 2 is 2.29 bits per heavy atom. The standard InChI is InChI=1S/C10H14BrN3O2S/c1-8-7-14(3-2-13-8)17(15,16)10-4-9(11)5-12-6-10/h4-6,8,13H,2-3,7H2,1H3. The number of sulfonamides is 1. The molecule has 5 nitrogen and oxygen atoms in total. The van der Waals surface area contributed by atoms with Crippen molar-refractivity contribution in [2.24, 2.45) is 0 Å². The lowest BCUT2D eigenvalue weighted by Gasteiger charge is -2.30. The van der Waals surface area contributed by atoms with Gasteiger partial charge in [0.15, 0.2) is 0 Å². The van der Waals surface area contributed by atoms with Gasteiger partial charge in [0.1, 0.15) is 4.90 Å². The van der Waals surface area contributed by atoms with E-state index < -0.39 is 10.0 Å². The van der Waals surface area contributed by atoms with Gasteiger partial charge in [0.05, 0.1) is 0 Å². The van der Waals surface area contributed by atoms with Gasteiger partial charge < -0.3 is 5.32 Å². The molecule has 0 radical (unpaired) electrons. The number of hydrogen-bond acceptors (Lipinski definition) is 4. The molecule has 17 heavy (non-hydrogen) atoms. The summed E-state index contributed by atoms with van der Waals surface area (Å²) in [5.74, 6) is 0. The molecule has 7 heteroatoms. The number of nitrogens with one attached hydrogen (secondary N) is 1. The minimum Gasteiger partial charge on any atom is -0.312 e. The van der Waals surface area contributed by atoms with Gasteiger partial charge in [-0.25, -0.2) is 8.42 Å². The molecule has 2 rings (SSSR count). The van der Waals surface area contributed by atoms with Crippen LogP contribution in [0.2, 0.25) is 0 Å². The molecule has 0 aromatic carbocycles. The van der Waals surface area contributed by atoms with Crippen LogP contribution in [0.1, 0.15) is 6.92 Å². The molecule has 1 fully saturated rings.